The number of benzene rings is 2. The Labute approximate surface area is 211 Å². The zero-order valence-corrected chi connectivity index (χ0v) is 21.1. The van der Waals surface area contributed by atoms with E-state index in [9.17, 15) is 4.79 Å². The van der Waals surface area contributed by atoms with E-state index in [1.54, 1.807) is 0 Å². The first kappa shape index (κ1) is 22.5. The molecule has 7 heteroatoms. The highest BCUT2D eigenvalue weighted by molar-refractivity contribution is 5.99. The van der Waals surface area contributed by atoms with Crippen LogP contribution in [0.5, 0.6) is 0 Å². The number of carbonyl (C=O) groups is 1. The topological polar surface area (TPSA) is 84.7 Å². The number of aromatic nitrogens is 4. The van der Waals surface area contributed by atoms with Crippen LogP contribution in [0.25, 0.3) is 22.6 Å². The van der Waals surface area contributed by atoms with E-state index in [-0.39, 0.29) is 11.9 Å². The highest BCUT2D eigenvalue weighted by Crippen LogP contribution is 2.40. The second-order valence-electron chi connectivity index (χ2n) is 9.93. The molecule has 1 saturated carbocycles. The van der Waals surface area contributed by atoms with Crippen LogP contribution in [0.4, 0.5) is 11.6 Å². The number of amides is 1. The first-order valence-electron chi connectivity index (χ1n) is 12.7. The largest absolute Gasteiger partial charge is 0.345 e. The summed E-state index contributed by atoms with van der Waals surface area (Å²) in [7, 11) is 0. The van der Waals surface area contributed by atoms with Crippen LogP contribution in [0.15, 0.2) is 48.7 Å². The molecule has 3 heterocycles. The van der Waals surface area contributed by atoms with Crippen LogP contribution in [0.3, 0.4) is 0 Å². The van der Waals surface area contributed by atoms with Crippen molar-refractivity contribution in [2.24, 2.45) is 0 Å². The molecule has 7 nitrogen and oxygen atoms in total. The second kappa shape index (κ2) is 8.59. The molecule has 2 aliphatic rings. The maximum atomic E-state index is 12.1. The van der Waals surface area contributed by atoms with E-state index >= 15 is 0 Å². The Bertz CT molecular complexity index is 1480. The Kier molecular flexibility index (Phi) is 5.36. The zero-order valence-electron chi connectivity index (χ0n) is 21.1. The SMILES string of the molecule is CCn1nc(-c2cc(C)c(-c3ccc(C4CC4)cn3)cc2C)nc1Nc1ccc2c(c1)C(C)NC2=O. The number of anilines is 2. The van der Waals surface area contributed by atoms with Crippen LogP contribution in [0.2, 0.25) is 0 Å². The molecule has 1 amide bonds. The van der Waals surface area contributed by atoms with Crippen LogP contribution >= 0.6 is 0 Å². The van der Waals surface area contributed by atoms with Crippen molar-refractivity contribution in [2.75, 3.05) is 5.32 Å². The minimum absolute atomic E-state index is 0.00241. The van der Waals surface area contributed by atoms with Crippen LogP contribution in [-0.2, 0) is 6.54 Å². The monoisotopic (exact) mass is 478 g/mol. The van der Waals surface area contributed by atoms with Gasteiger partial charge in [-0.05, 0) is 105 Å². The molecule has 1 fully saturated rings. The third kappa shape index (κ3) is 3.94. The molecule has 1 aliphatic carbocycles. The Morgan fingerprint density at radius 1 is 1.03 bits per heavy atom. The first-order valence-corrected chi connectivity index (χ1v) is 12.7. The molecule has 2 aromatic carbocycles. The summed E-state index contributed by atoms with van der Waals surface area (Å²) in [5.41, 5.74) is 9.37. The molecule has 0 spiro atoms. The molecule has 36 heavy (non-hydrogen) atoms. The number of nitrogens with zero attached hydrogens (tertiary/aromatic N) is 4. The van der Waals surface area contributed by atoms with Gasteiger partial charge in [-0.3, -0.25) is 9.78 Å². The van der Waals surface area contributed by atoms with Gasteiger partial charge in [0.15, 0.2) is 5.82 Å². The van der Waals surface area contributed by atoms with Crippen molar-refractivity contribution in [3.63, 3.8) is 0 Å². The van der Waals surface area contributed by atoms with E-state index in [1.165, 1.54) is 18.4 Å². The van der Waals surface area contributed by atoms with Crippen molar-refractivity contribution in [2.45, 2.75) is 59.0 Å². The predicted octanol–water partition coefficient (Wildman–Crippen LogP) is 6.07. The van der Waals surface area contributed by atoms with E-state index in [1.807, 2.05) is 36.0 Å². The van der Waals surface area contributed by atoms with Crippen molar-refractivity contribution in [1.29, 1.82) is 0 Å². The first-order chi connectivity index (χ1) is 17.4. The average molecular weight is 479 g/mol. The van der Waals surface area contributed by atoms with Crippen LogP contribution in [-0.4, -0.2) is 25.7 Å². The van der Waals surface area contributed by atoms with Gasteiger partial charge in [0, 0.05) is 35.1 Å². The Morgan fingerprint density at radius 2 is 1.81 bits per heavy atom. The number of carbonyl (C=O) groups excluding carboxylic acids is 1. The molecule has 1 aliphatic heterocycles. The van der Waals surface area contributed by atoms with Crippen LogP contribution in [0.1, 0.15) is 71.3 Å². The van der Waals surface area contributed by atoms with Crippen LogP contribution < -0.4 is 10.6 Å². The summed E-state index contributed by atoms with van der Waals surface area (Å²) in [6, 6.07) is 14.5. The molecule has 2 N–H and O–H groups in total. The van der Waals surface area contributed by atoms with Gasteiger partial charge in [-0.2, -0.15) is 4.98 Å². The minimum atomic E-state index is -0.0218. The molecule has 4 aromatic rings. The summed E-state index contributed by atoms with van der Waals surface area (Å²) in [4.78, 5) is 21.7. The highest BCUT2D eigenvalue weighted by Gasteiger charge is 2.26. The lowest BCUT2D eigenvalue weighted by atomic mass is 9.97. The molecule has 182 valence electrons. The van der Waals surface area contributed by atoms with Gasteiger partial charge in [0.2, 0.25) is 5.95 Å². The molecule has 0 saturated heterocycles. The molecule has 1 atom stereocenters. The molecular formula is C29H30N6O. The fraction of sp³-hybridized carbons (Fsp3) is 0.310. The highest BCUT2D eigenvalue weighted by atomic mass is 16.2. The van der Waals surface area contributed by atoms with Gasteiger partial charge in [0.05, 0.1) is 11.7 Å². The lowest BCUT2D eigenvalue weighted by Gasteiger charge is -2.11. The summed E-state index contributed by atoms with van der Waals surface area (Å²) in [6.45, 7) is 8.94. The quantitative estimate of drug-likeness (QED) is 0.351. The average Bonchev–Trinajstić information content (AvgIpc) is 3.59. The maximum absolute atomic E-state index is 12.1. The third-order valence-corrected chi connectivity index (χ3v) is 7.26. The Hall–Kier alpha value is -4.00. The van der Waals surface area contributed by atoms with E-state index in [2.05, 4.69) is 55.7 Å². The standard InChI is InChI=1S/C29H30N6O/c1-5-35-29(32-21-9-10-22-25(14-21)18(4)31-28(22)36)33-27(34-35)24-13-16(2)23(12-17(24)3)26-11-8-20(15-30-26)19-6-7-19/h8-15,18-19H,5-7H2,1-4H3,(H,31,36)(H,32,33,34). The summed E-state index contributed by atoms with van der Waals surface area (Å²) < 4.78 is 1.87. The summed E-state index contributed by atoms with van der Waals surface area (Å²) in [5, 5.41) is 11.2. The van der Waals surface area contributed by atoms with Crippen molar-refractivity contribution in [3.05, 3.63) is 76.5 Å². The van der Waals surface area contributed by atoms with Gasteiger partial charge in [-0.15, -0.1) is 5.10 Å². The van der Waals surface area contributed by atoms with Gasteiger partial charge in [-0.25, -0.2) is 4.68 Å². The fourth-order valence-corrected chi connectivity index (χ4v) is 5.01. The number of hydrogen-bond acceptors (Lipinski definition) is 5. The second-order valence-corrected chi connectivity index (χ2v) is 9.93. The normalized spacial score (nSPS) is 16.7. The Morgan fingerprint density at radius 3 is 2.53 bits per heavy atom. The number of rotatable bonds is 6. The van der Waals surface area contributed by atoms with Crippen molar-refractivity contribution in [1.82, 2.24) is 25.1 Å². The summed E-state index contributed by atoms with van der Waals surface area (Å²) in [5.74, 6) is 2.05. The molecule has 0 radical (unpaired) electrons. The molecule has 1 unspecified atom stereocenters. The lowest BCUT2D eigenvalue weighted by molar-refractivity contribution is 0.0958. The summed E-state index contributed by atoms with van der Waals surface area (Å²) >= 11 is 0. The Balaban J connectivity index is 1.30. The van der Waals surface area contributed by atoms with Crippen molar-refractivity contribution < 1.29 is 4.79 Å². The number of fused-ring (bicyclic) bond motifs is 1. The number of pyridine rings is 1. The third-order valence-electron chi connectivity index (χ3n) is 7.26. The van der Waals surface area contributed by atoms with E-state index in [4.69, 9.17) is 15.1 Å². The predicted molar refractivity (Wildman–Crippen MR) is 141 cm³/mol. The number of hydrogen-bond donors (Lipinski definition) is 2. The molecule has 6 rings (SSSR count). The fourth-order valence-electron chi connectivity index (χ4n) is 5.01. The maximum Gasteiger partial charge on any atom is 0.252 e. The van der Waals surface area contributed by atoms with E-state index in [0.717, 1.165) is 44.8 Å². The van der Waals surface area contributed by atoms with Crippen molar-refractivity contribution >= 4 is 17.5 Å². The van der Waals surface area contributed by atoms with Gasteiger partial charge in [0.1, 0.15) is 0 Å². The number of aryl methyl sites for hydroxylation is 3. The minimum Gasteiger partial charge on any atom is -0.345 e. The van der Waals surface area contributed by atoms with Crippen LogP contribution in [0, 0.1) is 13.8 Å². The molecular weight excluding hydrogens is 448 g/mol. The van der Waals surface area contributed by atoms with Gasteiger partial charge < -0.3 is 10.6 Å². The van der Waals surface area contributed by atoms with Gasteiger partial charge in [-0.1, -0.05) is 6.07 Å². The molecule has 2 aromatic heterocycles. The molecule has 0 bridgehead atoms. The van der Waals surface area contributed by atoms with E-state index < -0.39 is 0 Å². The van der Waals surface area contributed by atoms with E-state index in [0.29, 0.717) is 24.2 Å². The van der Waals surface area contributed by atoms with Gasteiger partial charge in [0.25, 0.3) is 5.91 Å². The van der Waals surface area contributed by atoms with Gasteiger partial charge >= 0.3 is 0 Å². The zero-order chi connectivity index (χ0) is 25.0. The number of nitrogens with one attached hydrogen (secondary N) is 2. The summed E-state index contributed by atoms with van der Waals surface area (Å²) in [6.07, 6.45) is 4.60. The smallest absolute Gasteiger partial charge is 0.252 e. The lowest BCUT2D eigenvalue weighted by Crippen LogP contribution is -2.16. The van der Waals surface area contributed by atoms with Crippen molar-refractivity contribution in [3.8, 4) is 22.6 Å².